The molecule has 0 saturated carbocycles. The number of aryl methyl sites for hydroxylation is 1. The van der Waals surface area contributed by atoms with Gasteiger partial charge in [-0.2, -0.15) is 0 Å². The Bertz CT molecular complexity index is 231. The molecule has 1 aromatic rings. The zero-order valence-corrected chi connectivity index (χ0v) is 8.17. The molecule has 0 radical (unpaired) electrons. The molecule has 1 aromatic heterocycles. The van der Waals surface area contributed by atoms with Gasteiger partial charge < -0.3 is 4.90 Å². The fraction of sp³-hybridized carbons (Fsp3) is 0.444. The van der Waals surface area contributed by atoms with Crippen LogP contribution in [0.25, 0.3) is 0 Å². The second kappa shape index (κ2) is 4.31. The maximum atomic E-state index is 5.60. The van der Waals surface area contributed by atoms with Gasteiger partial charge in [0.15, 0.2) is 0 Å². The summed E-state index contributed by atoms with van der Waals surface area (Å²) >= 11 is 5.60. The zero-order valence-electron chi connectivity index (χ0n) is 7.42. The lowest BCUT2D eigenvalue weighted by Crippen LogP contribution is -2.10. The van der Waals surface area contributed by atoms with Gasteiger partial charge in [0, 0.05) is 26.2 Å². The molecule has 2 nitrogen and oxygen atoms in total. The van der Waals surface area contributed by atoms with Crippen molar-refractivity contribution in [1.82, 2.24) is 4.98 Å². The van der Waals surface area contributed by atoms with Gasteiger partial charge in [-0.25, -0.2) is 4.98 Å². The first-order valence-corrected chi connectivity index (χ1v) is 4.45. The Morgan fingerprint density at radius 2 is 2.17 bits per heavy atom. The Labute approximate surface area is 78.2 Å². The third kappa shape index (κ3) is 2.38. The molecule has 0 aliphatic heterocycles. The standard InChI is InChI=1S/C9H13ClN2/c1-12(2)9-4-3-8(5-6-10)7-11-9/h3-4,7H,5-6H2,1-2H3. The van der Waals surface area contributed by atoms with Gasteiger partial charge in [0.05, 0.1) is 0 Å². The Morgan fingerprint density at radius 1 is 1.42 bits per heavy atom. The maximum Gasteiger partial charge on any atom is 0.127 e. The van der Waals surface area contributed by atoms with E-state index in [0.29, 0.717) is 5.88 Å². The molecule has 1 heterocycles. The molecule has 0 bridgehead atoms. The van der Waals surface area contributed by atoms with Crippen LogP contribution in [-0.2, 0) is 6.42 Å². The van der Waals surface area contributed by atoms with Crippen LogP contribution in [0.5, 0.6) is 0 Å². The van der Waals surface area contributed by atoms with Crippen LogP contribution >= 0.6 is 11.6 Å². The summed E-state index contributed by atoms with van der Waals surface area (Å²) in [5.74, 6) is 1.64. The van der Waals surface area contributed by atoms with Crippen LogP contribution in [-0.4, -0.2) is 25.0 Å². The van der Waals surface area contributed by atoms with E-state index in [1.807, 2.05) is 31.3 Å². The second-order valence-electron chi connectivity index (χ2n) is 2.86. The number of halogens is 1. The SMILES string of the molecule is CN(C)c1ccc(CCCl)cn1. The summed E-state index contributed by atoms with van der Waals surface area (Å²) in [6, 6.07) is 4.06. The molecule has 0 amide bonds. The summed E-state index contributed by atoms with van der Waals surface area (Å²) in [5, 5.41) is 0. The van der Waals surface area contributed by atoms with E-state index in [9.17, 15) is 0 Å². The Morgan fingerprint density at radius 3 is 2.58 bits per heavy atom. The van der Waals surface area contributed by atoms with Gasteiger partial charge in [-0.3, -0.25) is 0 Å². The normalized spacial score (nSPS) is 9.92. The van der Waals surface area contributed by atoms with E-state index in [1.165, 1.54) is 5.56 Å². The average Bonchev–Trinajstić information content (AvgIpc) is 2.06. The predicted molar refractivity (Wildman–Crippen MR) is 53.0 cm³/mol. The summed E-state index contributed by atoms with van der Waals surface area (Å²) in [6.45, 7) is 0. The van der Waals surface area contributed by atoms with Gasteiger partial charge in [-0.1, -0.05) is 6.07 Å². The van der Waals surface area contributed by atoms with Gasteiger partial charge in [0.2, 0.25) is 0 Å². The number of anilines is 1. The third-order valence-electron chi connectivity index (χ3n) is 1.65. The van der Waals surface area contributed by atoms with Crippen LogP contribution in [0, 0.1) is 0 Å². The highest BCUT2D eigenvalue weighted by atomic mass is 35.5. The van der Waals surface area contributed by atoms with Crippen molar-refractivity contribution < 1.29 is 0 Å². The van der Waals surface area contributed by atoms with Gasteiger partial charge in [0.25, 0.3) is 0 Å². The van der Waals surface area contributed by atoms with Crippen LogP contribution in [0.2, 0.25) is 0 Å². The Hall–Kier alpha value is -0.760. The largest absolute Gasteiger partial charge is 0.363 e. The highest BCUT2D eigenvalue weighted by molar-refractivity contribution is 6.17. The van der Waals surface area contributed by atoms with Crippen LogP contribution in [0.1, 0.15) is 5.56 Å². The van der Waals surface area contributed by atoms with Crippen LogP contribution < -0.4 is 4.90 Å². The highest BCUT2D eigenvalue weighted by Gasteiger charge is 1.96. The molecule has 0 unspecified atom stereocenters. The summed E-state index contributed by atoms with van der Waals surface area (Å²) in [5.41, 5.74) is 1.19. The van der Waals surface area contributed by atoms with Crippen LogP contribution in [0.4, 0.5) is 5.82 Å². The van der Waals surface area contributed by atoms with E-state index in [2.05, 4.69) is 11.1 Å². The van der Waals surface area contributed by atoms with E-state index >= 15 is 0 Å². The van der Waals surface area contributed by atoms with Crippen LogP contribution in [0.3, 0.4) is 0 Å². The molecule has 0 aromatic carbocycles. The van der Waals surface area contributed by atoms with Crippen molar-refractivity contribution in [2.75, 3.05) is 24.9 Å². The second-order valence-corrected chi connectivity index (χ2v) is 3.24. The van der Waals surface area contributed by atoms with Crippen molar-refractivity contribution in [3.05, 3.63) is 23.9 Å². The summed E-state index contributed by atoms with van der Waals surface area (Å²) in [7, 11) is 3.95. The molecule has 0 spiro atoms. The zero-order chi connectivity index (χ0) is 8.97. The van der Waals surface area contributed by atoms with Crippen molar-refractivity contribution in [2.45, 2.75) is 6.42 Å². The molecule has 0 aliphatic rings. The number of hydrogen-bond donors (Lipinski definition) is 0. The number of pyridine rings is 1. The molecular formula is C9H13ClN2. The lowest BCUT2D eigenvalue weighted by molar-refractivity contribution is 1.04. The number of nitrogens with zero attached hydrogens (tertiary/aromatic N) is 2. The number of alkyl halides is 1. The molecular weight excluding hydrogens is 172 g/mol. The minimum absolute atomic E-state index is 0.656. The van der Waals surface area contributed by atoms with E-state index in [4.69, 9.17) is 11.6 Å². The number of hydrogen-bond acceptors (Lipinski definition) is 2. The van der Waals surface area contributed by atoms with Crippen LogP contribution in [0.15, 0.2) is 18.3 Å². The molecule has 12 heavy (non-hydrogen) atoms. The van der Waals surface area contributed by atoms with Crippen molar-refractivity contribution in [3.8, 4) is 0 Å². The molecule has 0 atom stereocenters. The number of rotatable bonds is 3. The van der Waals surface area contributed by atoms with E-state index < -0.39 is 0 Å². The first-order valence-electron chi connectivity index (χ1n) is 3.92. The molecule has 0 fully saturated rings. The lowest BCUT2D eigenvalue weighted by Gasteiger charge is -2.10. The summed E-state index contributed by atoms with van der Waals surface area (Å²) in [4.78, 5) is 6.24. The Kier molecular flexibility index (Phi) is 3.35. The van der Waals surface area contributed by atoms with Gasteiger partial charge in [-0.15, -0.1) is 11.6 Å². The monoisotopic (exact) mass is 184 g/mol. The maximum absolute atomic E-state index is 5.60. The minimum Gasteiger partial charge on any atom is -0.363 e. The molecule has 0 aliphatic carbocycles. The fourth-order valence-corrected chi connectivity index (χ4v) is 1.16. The molecule has 1 rings (SSSR count). The fourth-order valence-electron chi connectivity index (χ4n) is 0.938. The smallest absolute Gasteiger partial charge is 0.127 e. The van der Waals surface area contributed by atoms with Gasteiger partial charge in [0.1, 0.15) is 5.82 Å². The topological polar surface area (TPSA) is 16.1 Å². The quantitative estimate of drug-likeness (QED) is 0.668. The molecule has 3 heteroatoms. The average molecular weight is 185 g/mol. The first-order chi connectivity index (χ1) is 5.74. The van der Waals surface area contributed by atoms with E-state index in [1.54, 1.807) is 0 Å². The van der Waals surface area contributed by atoms with Crippen molar-refractivity contribution >= 4 is 17.4 Å². The molecule has 0 N–H and O–H groups in total. The van der Waals surface area contributed by atoms with Crippen molar-refractivity contribution in [1.29, 1.82) is 0 Å². The van der Waals surface area contributed by atoms with Gasteiger partial charge >= 0.3 is 0 Å². The van der Waals surface area contributed by atoms with E-state index in [-0.39, 0.29) is 0 Å². The van der Waals surface area contributed by atoms with Gasteiger partial charge in [-0.05, 0) is 18.1 Å². The predicted octanol–water partition coefficient (Wildman–Crippen LogP) is 1.93. The summed E-state index contributed by atoms with van der Waals surface area (Å²) < 4.78 is 0. The molecule has 0 saturated heterocycles. The lowest BCUT2D eigenvalue weighted by atomic mass is 10.2. The first kappa shape index (κ1) is 9.33. The summed E-state index contributed by atoms with van der Waals surface area (Å²) in [6.07, 6.45) is 2.76. The Balaban J connectivity index is 2.71. The van der Waals surface area contributed by atoms with Crippen molar-refractivity contribution in [2.24, 2.45) is 0 Å². The minimum atomic E-state index is 0.656. The van der Waals surface area contributed by atoms with Crippen molar-refractivity contribution in [3.63, 3.8) is 0 Å². The van der Waals surface area contributed by atoms with E-state index in [0.717, 1.165) is 12.2 Å². The third-order valence-corrected chi connectivity index (χ3v) is 1.84. The molecule has 66 valence electrons. The highest BCUT2D eigenvalue weighted by Crippen LogP contribution is 2.08. The number of aromatic nitrogens is 1.